The van der Waals surface area contributed by atoms with Crippen LogP contribution in [0.4, 0.5) is 15.8 Å². The summed E-state index contributed by atoms with van der Waals surface area (Å²) in [5.74, 6) is 0.283. The average molecular weight is 415 g/mol. The Hall–Kier alpha value is -3.20. The summed E-state index contributed by atoms with van der Waals surface area (Å²) in [5, 5.41) is 13.7. The van der Waals surface area contributed by atoms with E-state index in [1.165, 1.54) is 6.07 Å². The molecule has 0 unspecified atom stereocenters. The van der Waals surface area contributed by atoms with Crippen molar-refractivity contribution in [3.8, 4) is 11.5 Å². The highest BCUT2D eigenvalue weighted by Gasteiger charge is 2.26. The molecule has 158 valence electrons. The van der Waals surface area contributed by atoms with Crippen molar-refractivity contribution < 1.29 is 23.6 Å². The first kappa shape index (κ1) is 20.1. The molecule has 1 aliphatic heterocycles. The summed E-state index contributed by atoms with van der Waals surface area (Å²) in [7, 11) is 0. The maximum atomic E-state index is 13.4. The third-order valence-corrected chi connectivity index (χ3v) is 5.44. The molecule has 1 amide bonds. The van der Waals surface area contributed by atoms with Gasteiger partial charge in [0.1, 0.15) is 11.5 Å². The van der Waals surface area contributed by atoms with Gasteiger partial charge < -0.3 is 14.8 Å². The van der Waals surface area contributed by atoms with Crippen molar-refractivity contribution in [1.29, 1.82) is 0 Å². The van der Waals surface area contributed by atoms with E-state index in [4.69, 9.17) is 9.47 Å². The quantitative estimate of drug-likeness (QED) is 0.545. The van der Waals surface area contributed by atoms with E-state index in [1.54, 1.807) is 0 Å². The lowest BCUT2D eigenvalue weighted by atomic mass is 10.1. The molecule has 0 bridgehead atoms. The number of ether oxygens (including phenoxy) is 2. The van der Waals surface area contributed by atoms with E-state index in [1.807, 2.05) is 18.2 Å². The Balaban J connectivity index is 1.48. The number of nitrogens with zero attached hydrogens (tertiary/aromatic N) is 2. The zero-order valence-corrected chi connectivity index (χ0v) is 16.3. The molecule has 30 heavy (non-hydrogen) atoms. The van der Waals surface area contributed by atoms with Gasteiger partial charge in [0.2, 0.25) is 12.7 Å². The summed E-state index contributed by atoms with van der Waals surface area (Å²) in [6.07, 6.45) is 4.20. The highest BCUT2D eigenvalue weighted by atomic mass is 19.1. The fourth-order valence-electron chi connectivity index (χ4n) is 3.99. The first-order valence-corrected chi connectivity index (χ1v) is 9.86. The molecule has 0 radical (unpaired) electrons. The number of nitro groups is 1. The van der Waals surface area contributed by atoms with Gasteiger partial charge in [-0.15, -0.1) is 0 Å². The number of carbonyl (C=O) groups excluding carboxylic acids is 1. The van der Waals surface area contributed by atoms with Crippen molar-refractivity contribution in [2.75, 3.05) is 18.7 Å². The Morgan fingerprint density at radius 1 is 1.17 bits per heavy atom. The minimum atomic E-state index is -0.727. The minimum absolute atomic E-state index is 0.0131. The summed E-state index contributed by atoms with van der Waals surface area (Å²) in [6.45, 7) is 0.817. The molecule has 1 N–H and O–H groups in total. The smallest absolute Gasteiger partial charge is 0.295 e. The molecule has 0 saturated heterocycles. The van der Waals surface area contributed by atoms with E-state index in [0.717, 1.165) is 43.4 Å². The predicted octanol–water partition coefficient (Wildman–Crippen LogP) is 3.85. The third-order valence-electron chi connectivity index (χ3n) is 5.44. The van der Waals surface area contributed by atoms with Crippen molar-refractivity contribution in [1.82, 2.24) is 4.90 Å². The molecule has 2 aliphatic rings. The summed E-state index contributed by atoms with van der Waals surface area (Å²) < 4.78 is 24.1. The Morgan fingerprint density at radius 2 is 1.93 bits per heavy atom. The van der Waals surface area contributed by atoms with Crippen molar-refractivity contribution in [2.45, 2.75) is 38.3 Å². The van der Waals surface area contributed by atoms with Gasteiger partial charge in [-0.1, -0.05) is 18.9 Å². The molecule has 0 atom stereocenters. The topological polar surface area (TPSA) is 93.9 Å². The summed E-state index contributed by atoms with van der Waals surface area (Å²) >= 11 is 0. The van der Waals surface area contributed by atoms with Crippen LogP contribution in [0.25, 0.3) is 0 Å². The fourth-order valence-corrected chi connectivity index (χ4v) is 3.99. The number of benzene rings is 2. The number of amides is 1. The average Bonchev–Trinajstić information content (AvgIpc) is 3.40. The number of hydrogen-bond donors (Lipinski definition) is 1. The maximum Gasteiger partial charge on any atom is 0.295 e. The lowest BCUT2D eigenvalue weighted by molar-refractivity contribution is -0.384. The molecule has 4 rings (SSSR count). The number of nitrogens with one attached hydrogen (secondary N) is 1. The van der Waals surface area contributed by atoms with Gasteiger partial charge in [0, 0.05) is 12.6 Å². The highest BCUT2D eigenvalue weighted by molar-refractivity contribution is 5.94. The van der Waals surface area contributed by atoms with Gasteiger partial charge in [0.15, 0.2) is 11.5 Å². The van der Waals surface area contributed by atoms with E-state index in [9.17, 15) is 19.3 Å². The van der Waals surface area contributed by atoms with Crippen LogP contribution >= 0.6 is 0 Å². The number of fused-ring (bicyclic) bond motifs is 1. The van der Waals surface area contributed by atoms with Crippen LogP contribution in [0.3, 0.4) is 0 Å². The van der Waals surface area contributed by atoms with Crippen LogP contribution in [0.2, 0.25) is 0 Å². The van der Waals surface area contributed by atoms with Gasteiger partial charge in [-0.05, 0) is 42.7 Å². The van der Waals surface area contributed by atoms with Crippen LogP contribution < -0.4 is 14.8 Å². The van der Waals surface area contributed by atoms with E-state index in [0.29, 0.717) is 18.0 Å². The molecule has 0 aromatic heterocycles. The first-order valence-electron chi connectivity index (χ1n) is 9.86. The normalized spacial score (nSPS) is 15.5. The highest BCUT2D eigenvalue weighted by Crippen LogP contribution is 2.34. The minimum Gasteiger partial charge on any atom is -0.454 e. The number of carbonyl (C=O) groups is 1. The molecule has 2 aromatic rings. The second-order valence-electron chi connectivity index (χ2n) is 7.50. The van der Waals surface area contributed by atoms with Gasteiger partial charge in [0.25, 0.3) is 5.69 Å². The second-order valence-corrected chi connectivity index (χ2v) is 7.50. The molecular weight excluding hydrogens is 393 g/mol. The SMILES string of the molecule is O=C(CN(Cc1ccc2c(c1)OCO2)C1CCCC1)Nc1ccc(F)cc1[N+](=O)[O-]. The fraction of sp³-hybridized carbons (Fsp3) is 0.381. The predicted molar refractivity (Wildman–Crippen MR) is 107 cm³/mol. The van der Waals surface area contributed by atoms with Gasteiger partial charge in [-0.2, -0.15) is 0 Å². The molecule has 1 heterocycles. The van der Waals surface area contributed by atoms with Gasteiger partial charge in [0.05, 0.1) is 17.5 Å². The van der Waals surface area contributed by atoms with Crippen LogP contribution in [0, 0.1) is 15.9 Å². The van der Waals surface area contributed by atoms with Gasteiger partial charge in [-0.25, -0.2) is 4.39 Å². The van der Waals surface area contributed by atoms with Crippen LogP contribution in [0.1, 0.15) is 31.2 Å². The molecule has 9 heteroatoms. The van der Waals surface area contributed by atoms with Crippen LogP contribution in [-0.2, 0) is 11.3 Å². The van der Waals surface area contributed by atoms with Gasteiger partial charge in [-0.3, -0.25) is 19.8 Å². The lowest BCUT2D eigenvalue weighted by Gasteiger charge is -2.28. The van der Waals surface area contributed by atoms with Crippen LogP contribution in [0.5, 0.6) is 11.5 Å². The molecule has 2 aromatic carbocycles. The standard InChI is InChI=1S/C21H22FN3O5/c22-15-6-7-17(18(10-15)25(27)28)23-21(26)12-24(16-3-1-2-4-16)11-14-5-8-19-20(9-14)30-13-29-19/h5-10,16H,1-4,11-13H2,(H,23,26). The summed E-state index contributed by atoms with van der Waals surface area (Å²) in [6, 6.07) is 9.06. The van der Waals surface area contributed by atoms with Crippen LogP contribution in [-0.4, -0.2) is 35.1 Å². The van der Waals surface area contributed by atoms with Crippen molar-refractivity contribution in [3.63, 3.8) is 0 Å². The Labute approximate surface area is 172 Å². The lowest BCUT2D eigenvalue weighted by Crippen LogP contribution is -2.39. The van der Waals surface area contributed by atoms with Crippen molar-refractivity contribution >= 4 is 17.3 Å². The van der Waals surface area contributed by atoms with E-state index in [2.05, 4.69) is 10.2 Å². The maximum absolute atomic E-state index is 13.4. The molecule has 1 saturated carbocycles. The van der Waals surface area contributed by atoms with Gasteiger partial charge >= 0.3 is 0 Å². The molecular formula is C21H22FN3O5. The second kappa shape index (κ2) is 8.66. The van der Waals surface area contributed by atoms with Crippen molar-refractivity contribution in [3.05, 3.63) is 57.9 Å². The molecule has 8 nitrogen and oxygen atoms in total. The summed E-state index contributed by atoms with van der Waals surface area (Å²) in [4.78, 5) is 25.2. The van der Waals surface area contributed by atoms with E-state index >= 15 is 0 Å². The number of nitro benzene ring substituents is 1. The third kappa shape index (κ3) is 4.51. The number of halogens is 1. The monoisotopic (exact) mass is 415 g/mol. The Bertz CT molecular complexity index is 962. The molecule has 1 fully saturated rings. The molecule has 1 aliphatic carbocycles. The summed E-state index contributed by atoms with van der Waals surface area (Å²) in [5.41, 5.74) is 0.513. The largest absolute Gasteiger partial charge is 0.454 e. The van der Waals surface area contributed by atoms with E-state index < -0.39 is 16.4 Å². The number of anilines is 1. The number of rotatable bonds is 7. The van der Waals surface area contributed by atoms with Crippen molar-refractivity contribution in [2.24, 2.45) is 0 Å². The molecule has 0 spiro atoms. The zero-order chi connectivity index (χ0) is 21.1. The Morgan fingerprint density at radius 3 is 2.70 bits per heavy atom. The zero-order valence-electron chi connectivity index (χ0n) is 16.3. The van der Waals surface area contributed by atoms with Crippen LogP contribution in [0.15, 0.2) is 36.4 Å². The Kier molecular flexibility index (Phi) is 5.80. The first-order chi connectivity index (χ1) is 14.5. The number of hydrogen-bond acceptors (Lipinski definition) is 6. The van der Waals surface area contributed by atoms with E-state index in [-0.39, 0.29) is 31.0 Å².